The van der Waals surface area contributed by atoms with Gasteiger partial charge >= 0.3 is 0 Å². The molecule has 0 unspecified atom stereocenters. The maximum atomic E-state index is 13.9. The number of nitrogens with two attached hydrogens (primary N) is 1. The Morgan fingerprint density at radius 1 is 1.00 bits per heavy atom. The van der Waals surface area contributed by atoms with Gasteiger partial charge in [0.2, 0.25) is 0 Å². The average Bonchev–Trinajstić information content (AvgIpc) is 2.68. The number of halogens is 2. The smallest absolute Gasteiger partial charge is 0.267 e. The van der Waals surface area contributed by atoms with Crippen molar-refractivity contribution in [2.75, 3.05) is 5.73 Å². The van der Waals surface area contributed by atoms with Crippen molar-refractivity contribution in [1.82, 2.24) is 9.71 Å². The second-order valence-corrected chi connectivity index (χ2v) is 9.66. The molecule has 0 saturated heterocycles. The summed E-state index contributed by atoms with van der Waals surface area (Å²) in [4.78, 5) is 17.2. The van der Waals surface area contributed by atoms with Crippen LogP contribution in [0.4, 0.5) is 14.5 Å². The van der Waals surface area contributed by atoms with E-state index in [0.29, 0.717) is 5.69 Å². The molecule has 1 aromatic heterocycles. The molecule has 3 aromatic rings. The number of nitrogens with zero attached hydrogens (tertiary/aromatic N) is 1. The fourth-order valence-corrected chi connectivity index (χ4v) is 3.86. The summed E-state index contributed by atoms with van der Waals surface area (Å²) in [7, 11) is -4.22. The van der Waals surface area contributed by atoms with Crippen molar-refractivity contribution in [2.24, 2.45) is 0 Å². The number of nitrogen functional groups attached to an aromatic ring is 1. The lowest BCUT2D eigenvalue weighted by atomic mass is 9.90. The number of benzene rings is 2. The zero-order chi connectivity index (χ0) is 23.0. The Hall–Kier alpha value is -3.33. The molecule has 1 heterocycles. The van der Waals surface area contributed by atoms with Gasteiger partial charge in [0.05, 0.1) is 16.2 Å². The highest BCUT2D eigenvalue weighted by molar-refractivity contribution is 7.90. The van der Waals surface area contributed by atoms with E-state index in [-0.39, 0.29) is 27.4 Å². The van der Waals surface area contributed by atoms with Crippen molar-refractivity contribution in [3.05, 3.63) is 77.5 Å². The maximum Gasteiger partial charge on any atom is 0.267 e. The summed E-state index contributed by atoms with van der Waals surface area (Å²) in [5.41, 5.74) is 6.09. The third-order valence-corrected chi connectivity index (χ3v) is 5.83. The number of rotatable bonds is 4. The number of aromatic nitrogens is 1. The third-order valence-electron chi connectivity index (χ3n) is 4.50. The number of pyridine rings is 1. The molecule has 0 saturated carbocycles. The van der Waals surface area contributed by atoms with Crippen LogP contribution in [0.5, 0.6) is 0 Å². The van der Waals surface area contributed by atoms with Gasteiger partial charge in [-0.2, -0.15) is 0 Å². The number of carbonyl (C=O) groups is 1. The van der Waals surface area contributed by atoms with Crippen molar-refractivity contribution < 1.29 is 22.0 Å². The van der Waals surface area contributed by atoms with Gasteiger partial charge in [-0.3, -0.25) is 9.78 Å². The molecule has 0 fully saturated rings. The lowest BCUT2D eigenvalue weighted by Crippen LogP contribution is -2.31. The molecule has 9 heteroatoms. The Balaban J connectivity index is 2.09. The molecule has 0 aliphatic carbocycles. The van der Waals surface area contributed by atoms with Gasteiger partial charge in [0.1, 0.15) is 0 Å². The first-order valence-electron chi connectivity index (χ1n) is 9.28. The van der Waals surface area contributed by atoms with E-state index in [1.54, 1.807) is 6.07 Å². The molecule has 0 radical (unpaired) electrons. The number of sulfonamides is 1. The zero-order valence-corrected chi connectivity index (χ0v) is 17.9. The van der Waals surface area contributed by atoms with Crippen molar-refractivity contribution in [3.63, 3.8) is 0 Å². The van der Waals surface area contributed by atoms with Crippen LogP contribution in [-0.4, -0.2) is 19.3 Å². The minimum Gasteiger partial charge on any atom is -0.399 e. The molecule has 3 rings (SSSR count). The van der Waals surface area contributed by atoms with Gasteiger partial charge in [-0.25, -0.2) is 21.9 Å². The SMILES string of the molecule is CC(C)(C)c1ccc(C(=O)NS(=O)(=O)c2cccc(N)c2)c(-c2ccc(F)c(F)c2)n1. The molecule has 0 aliphatic rings. The standard InChI is InChI=1S/C22H21F2N3O3S/c1-22(2,3)19-10-8-16(20(26-19)13-7-9-17(23)18(24)11-13)21(28)27-31(29,30)15-6-4-5-14(25)12-15/h4-12H,25H2,1-3H3,(H,27,28). The Kier molecular flexibility index (Phi) is 5.82. The monoisotopic (exact) mass is 445 g/mol. The molecule has 162 valence electrons. The Morgan fingerprint density at radius 2 is 1.71 bits per heavy atom. The number of nitrogens with one attached hydrogen (secondary N) is 1. The Labute approximate surface area is 179 Å². The molecule has 0 spiro atoms. The summed E-state index contributed by atoms with van der Waals surface area (Å²) in [6, 6.07) is 11.6. The molecule has 2 aromatic carbocycles. The van der Waals surface area contributed by atoms with Gasteiger partial charge < -0.3 is 5.73 Å². The van der Waals surface area contributed by atoms with Crippen molar-refractivity contribution in [2.45, 2.75) is 31.1 Å². The van der Waals surface area contributed by atoms with Crippen molar-refractivity contribution >= 4 is 21.6 Å². The molecule has 0 atom stereocenters. The minimum absolute atomic E-state index is 0.0339. The summed E-state index contributed by atoms with van der Waals surface area (Å²) < 4.78 is 54.5. The highest BCUT2D eigenvalue weighted by Crippen LogP contribution is 2.28. The molecule has 3 N–H and O–H groups in total. The summed E-state index contributed by atoms with van der Waals surface area (Å²) >= 11 is 0. The second-order valence-electron chi connectivity index (χ2n) is 7.98. The van der Waals surface area contributed by atoms with E-state index in [0.717, 1.165) is 12.1 Å². The molecule has 6 nitrogen and oxygen atoms in total. The zero-order valence-electron chi connectivity index (χ0n) is 17.1. The summed E-state index contributed by atoms with van der Waals surface area (Å²) in [5, 5.41) is 0. The number of amides is 1. The molecular formula is C22H21F2N3O3S. The van der Waals surface area contributed by atoms with Crippen LogP contribution in [-0.2, 0) is 15.4 Å². The molecular weight excluding hydrogens is 424 g/mol. The fourth-order valence-electron chi connectivity index (χ4n) is 2.84. The number of carbonyl (C=O) groups excluding carboxylic acids is 1. The summed E-state index contributed by atoms with van der Waals surface area (Å²) in [6.45, 7) is 5.69. The largest absolute Gasteiger partial charge is 0.399 e. The van der Waals surface area contributed by atoms with Crippen LogP contribution in [0, 0.1) is 11.6 Å². The number of anilines is 1. The van der Waals surface area contributed by atoms with E-state index in [2.05, 4.69) is 4.98 Å². The molecule has 0 bridgehead atoms. The lowest BCUT2D eigenvalue weighted by molar-refractivity contribution is 0.0981. The van der Waals surface area contributed by atoms with E-state index in [1.807, 2.05) is 25.5 Å². The second kappa shape index (κ2) is 8.07. The van der Waals surface area contributed by atoms with Crippen molar-refractivity contribution in [1.29, 1.82) is 0 Å². The van der Waals surface area contributed by atoms with Crippen LogP contribution < -0.4 is 10.5 Å². The average molecular weight is 445 g/mol. The van der Waals surface area contributed by atoms with Gasteiger partial charge in [0.25, 0.3) is 15.9 Å². The van der Waals surface area contributed by atoms with E-state index < -0.39 is 33.0 Å². The van der Waals surface area contributed by atoms with E-state index in [4.69, 9.17) is 5.73 Å². The van der Waals surface area contributed by atoms with Crippen LogP contribution in [0.3, 0.4) is 0 Å². The Morgan fingerprint density at radius 3 is 2.32 bits per heavy atom. The van der Waals surface area contributed by atoms with Gasteiger partial charge in [-0.15, -0.1) is 0 Å². The predicted octanol–water partition coefficient (Wildman–Crippen LogP) is 4.03. The summed E-state index contributed by atoms with van der Waals surface area (Å²) in [6.07, 6.45) is 0. The van der Waals surface area contributed by atoms with Gasteiger partial charge in [0, 0.05) is 22.4 Å². The Bertz CT molecular complexity index is 1270. The van der Waals surface area contributed by atoms with E-state index in [9.17, 15) is 22.0 Å². The topological polar surface area (TPSA) is 102 Å². The molecule has 1 amide bonds. The third kappa shape index (κ3) is 4.88. The predicted molar refractivity (Wildman–Crippen MR) is 114 cm³/mol. The van der Waals surface area contributed by atoms with E-state index in [1.165, 1.54) is 36.4 Å². The van der Waals surface area contributed by atoms with Crippen LogP contribution >= 0.6 is 0 Å². The minimum atomic E-state index is -4.22. The van der Waals surface area contributed by atoms with Gasteiger partial charge in [-0.1, -0.05) is 26.8 Å². The summed E-state index contributed by atoms with van der Waals surface area (Å²) in [5.74, 6) is -3.12. The first-order chi connectivity index (χ1) is 14.4. The fraction of sp³-hybridized carbons (Fsp3) is 0.182. The van der Waals surface area contributed by atoms with Crippen LogP contribution in [0.25, 0.3) is 11.3 Å². The van der Waals surface area contributed by atoms with Crippen molar-refractivity contribution in [3.8, 4) is 11.3 Å². The van der Waals surface area contributed by atoms with Crippen LogP contribution in [0.2, 0.25) is 0 Å². The first-order valence-corrected chi connectivity index (χ1v) is 10.8. The first kappa shape index (κ1) is 22.4. The number of hydrogen-bond donors (Lipinski definition) is 2. The highest BCUT2D eigenvalue weighted by atomic mass is 32.2. The van der Waals surface area contributed by atoms with Crippen LogP contribution in [0.1, 0.15) is 36.8 Å². The lowest BCUT2D eigenvalue weighted by Gasteiger charge is -2.20. The maximum absolute atomic E-state index is 13.9. The van der Waals surface area contributed by atoms with Gasteiger partial charge in [0.15, 0.2) is 11.6 Å². The number of hydrogen-bond acceptors (Lipinski definition) is 5. The van der Waals surface area contributed by atoms with Crippen LogP contribution in [0.15, 0.2) is 59.5 Å². The highest BCUT2D eigenvalue weighted by Gasteiger charge is 2.25. The van der Waals surface area contributed by atoms with Gasteiger partial charge in [-0.05, 0) is 48.5 Å². The van der Waals surface area contributed by atoms with E-state index >= 15 is 0 Å². The quantitative estimate of drug-likeness (QED) is 0.591. The normalized spacial score (nSPS) is 11.9. The molecule has 31 heavy (non-hydrogen) atoms. The molecule has 0 aliphatic heterocycles.